The summed E-state index contributed by atoms with van der Waals surface area (Å²) in [4.78, 5) is 33.8. The lowest BCUT2D eigenvalue weighted by Crippen LogP contribution is -2.44. The van der Waals surface area contributed by atoms with E-state index < -0.39 is 11.4 Å². The van der Waals surface area contributed by atoms with Crippen molar-refractivity contribution in [2.75, 3.05) is 33.2 Å². The first kappa shape index (κ1) is 24.6. The highest BCUT2D eigenvalue weighted by molar-refractivity contribution is 6.07. The number of piperazine rings is 1. The van der Waals surface area contributed by atoms with Crippen molar-refractivity contribution in [1.29, 1.82) is 0 Å². The zero-order valence-corrected chi connectivity index (χ0v) is 19.9. The zero-order valence-electron chi connectivity index (χ0n) is 19.9. The van der Waals surface area contributed by atoms with Gasteiger partial charge in [0.05, 0.1) is 11.4 Å². The Hall–Kier alpha value is -3.09. The minimum atomic E-state index is -0.961. The fourth-order valence-electron chi connectivity index (χ4n) is 3.79. The number of carboxylic acids is 1. The first-order chi connectivity index (χ1) is 15.6. The molecule has 3 rings (SSSR count). The van der Waals surface area contributed by atoms with Crippen LogP contribution in [0.5, 0.6) is 0 Å². The summed E-state index contributed by atoms with van der Waals surface area (Å²) in [5.74, 6) is -1.03. The molecule has 0 aliphatic carbocycles. The molecule has 33 heavy (non-hydrogen) atoms. The number of nitrogens with zero attached hydrogens (tertiary/aromatic N) is 3. The van der Waals surface area contributed by atoms with Crippen molar-refractivity contribution in [1.82, 2.24) is 14.8 Å². The number of carbonyl (C=O) groups excluding carboxylic acids is 1. The number of allylic oxidation sites excluding steroid dienone is 1. The Labute approximate surface area is 196 Å². The third kappa shape index (κ3) is 6.94. The maximum Gasteiger partial charge on any atom is 0.332 e. The van der Waals surface area contributed by atoms with E-state index in [1.807, 2.05) is 51.1 Å². The molecule has 0 amide bonds. The van der Waals surface area contributed by atoms with Crippen LogP contribution in [0.4, 0.5) is 0 Å². The molecule has 1 fully saturated rings. The van der Waals surface area contributed by atoms with E-state index in [0.29, 0.717) is 17.0 Å². The van der Waals surface area contributed by atoms with E-state index in [0.717, 1.165) is 38.3 Å². The first-order valence-corrected chi connectivity index (χ1v) is 11.3. The largest absolute Gasteiger partial charge is 0.478 e. The van der Waals surface area contributed by atoms with Gasteiger partial charge in [-0.3, -0.25) is 9.69 Å². The van der Waals surface area contributed by atoms with Gasteiger partial charge in [0.1, 0.15) is 0 Å². The van der Waals surface area contributed by atoms with Gasteiger partial charge in [-0.05, 0) is 48.4 Å². The first-order valence-electron chi connectivity index (χ1n) is 11.3. The zero-order chi connectivity index (χ0) is 24.0. The Kier molecular flexibility index (Phi) is 7.95. The van der Waals surface area contributed by atoms with Crippen molar-refractivity contribution in [3.63, 3.8) is 0 Å². The van der Waals surface area contributed by atoms with Crippen LogP contribution in [0.15, 0.2) is 54.1 Å². The molecule has 174 valence electrons. The van der Waals surface area contributed by atoms with Crippen LogP contribution in [0.3, 0.4) is 0 Å². The van der Waals surface area contributed by atoms with Gasteiger partial charge in [-0.25, -0.2) is 9.78 Å². The Morgan fingerprint density at radius 3 is 2.33 bits per heavy atom. The molecule has 1 aliphatic heterocycles. The number of aromatic nitrogens is 1. The van der Waals surface area contributed by atoms with Gasteiger partial charge >= 0.3 is 5.97 Å². The molecule has 1 aromatic heterocycles. The highest BCUT2D eigenvalue weighted by Gasteiger charge is 2.23. The minimum Gasteiger partial charge on any atom is -0.478 e. The van der Waals surface area contributed by atoms with Crippen molar-refractivity contribution in [2.45, 2.75) is 27.3 Å². The lowest BCUT2D eigenvalue weighted by molar-refractivity contribution is -0.133. The van der Waals surface area contributed by atoms with Crippen LogP contribution < -0.4 is 0 Å². The maximum absolute atomic E-state index is 13.0. The number of ketones is 1. The Bertz CT molecular complexity index is 1060. The average Bonchev–Trinajstić information content (AvgIpc) is 2.77. The quantitative estimate of drug-likeness (QED) is 0.506. The molecule has 2 aromatic rings. The number of hydrogen-bond acceptors (Lipinski definition) is 5. The third-order valence-corrected chi connectivity index (χ3v) is 5.80. The average molecular weight is 448 g/mol. The van der Waals surface area contributed by atoms with Gasteiger partial charge in [0, 0.05) is 43.9 Å². The number of likely N-dealkylation sites (N-methyl/N-ethyl adjacent to an activating group) is 1. The van der Waals surface area contributed by atoms with Crippen LogP contribution in [0, 0.1) is 5.41 Å². The van der Waals surface area contributed by atoms with Crippen molar-refractivity contribution in [3.8, 4) is 0 Å². The van der Waals surface area contributed by atoms with E-state index in [1.54, 1.807) is 30.4 Å². The highest BCUT2D eigenvalue weighted by atomic mass is 16.4. The number of rotatable bonds is 7. The standard InChI is InChI=1S/C27H33N3O3/c1-27(2,3)24(26(32)33)18-22-10-7-9-21(28-22)12-13-25(31)23-11-6-5-8-20(23)19-30-16-14-29(4)15-17-30/h5-13,18H,14-17,19H2,1-4H3,(H,32,33). The molecule has 1 saturated heterocycles. The smallest absolute Gasteiger partial charge is 0.332 e. The van der Waals surface area contributed by atoms with Crippen LogP contribution in [0.25, 0.3) is 12.2 Å². The van der Waals surface area contributed by atoms with Gasteiger partial charge < -0.3 is 10.0 Å². The fourth-order valence-corrected chi connectivity index (χ4v) is 3.79. The third-order valence-electron chi connectivity index (χ3n) is 5.80. The monoisotopic (exact) mass is 447 g/mol. The second-order valence-electron chi connectivity index (χ2n) is 9.53. The predicted octanol–water partition coefficient (Wildman–Crippen LogP) is 4.24. The lowest BCUT2D eigenvalue weighted by Gasteiger charge is -2.32. The molecule has 6 nitrogen and oxygen atoms in total. The summed E-state index contributed by atoms with van der Waals surface area (Å²) in [6.07, 6.45) is 4.82. The summed E-state index contributed by atoms with van der Waals surface area (Å²) in [5.41, 5.74) is 2.65. The van der Waals surface area contributed by atoms with Gasteiger partial charge in [-0.15, -0.1) is 0 Å². The fraction of sp³-hybridized carbons (Fsp3) is 0.370. The molecule has 0 bridgehead atoms. The van der Waals surface area contributed by atoms with Crippen molar-refractivity contribution in [2.24, 2.45) is 5.41 Å². The number of hydrogen-bond donors (Lipinski definition) is 1. The minimum absolute atomic E-state index is 0.0663. The molecule has 1 aromatic carbocycles. The molecule has 6 heteroatoms. The van der Waals surface area contributed by atoms with Crippen LogP contribution in [-0.2, 0) is 11.3 Å². The molecule has 1 aliphatic rings. The van der Waals surface area contributed by atoms with Crippen LogP contribution in [0.2, 0.25) is 0 Å². The molecule has 0 saturated carbocycles. The predicted molar refractivity (Wildman–Crippen MR) is 132 cm³/mol. The Morgan fingerprint density at radius 1 is 1.00 bits per heavy atom. The molecule has 0 unspecified atom stereocenters. The van der Waals surface area contributed by atoms with Crippen molar-refractivity contribution < 1.29 is 14.7 Å². The Balaban J connectivity index is 1.77. The van der Waals surface area contributed by atoms with E-state index in [-0.39, 0.29) is 11.4 Å². The lowest BCUT2D eigenvalue weighted by atomic mass is 9.86. The summed E-state index contributed by atoms with van der Waals surface area (Å²) in [6.45, 7) is 10.4. The van der Waals surface area contributed by atoms with Crippen LogP contribution >= 0.6 is 0 Å². The summed E-state index contributed by atoms with van der Waals surface area (Å²) < 4.78 is 0. The van der Waals surface area contributed by atoms with Gasteiger partial charge in [0.2, 0.25) is 0 Å². The number of carbonyl (C=O) groups is 2. The molecular formula is C27H33N3O3. The van der Waals surface area contributed by atoms with Gasteiger partial charge in [0.25, 0.3) is 0 Å². The van der Waals surface area contributed by atoms with E-state index in [1.165, 1.54) is 0 Å². The van der Waals surface area contributed by atoms with E-state index in [4.69, 9.17) is 0 Å². The molecule has 2 heterocycles. The SMILES string of the molecule is CN1CCN(Cc2ccccc2C(=O)C=Cc2cccc(C=C(C(=O)O)C(C)(C)C)n2)CC1. The second-order valence-corrected chi connectivity index (χ2v) is 9.53. The van der Waals surface area contributed by atoms with Gasteiger partial charge in [-0.2, -0.15) is 0 Å². The summed E-state index contributed by atoms with van der Waals surface area (Å²) in [5, 5.41) is 9.54. The van der Waals surface area contributed by atoms with E-state index in [2.05, 4.69) is 21.8 Å². The summed E-state index contributed by atoms with van der Waals surface area (Å²) in [7, 11) is 2.13. The Morgan fingerprint density at radius 2 is 1.67 bits per heavy atom. The highest BCUT2D eigenvalue weighted by Crippen LogP contribution is 2.27. The maximum atomic E-state index is 13.0. The van der Waals surface area contributed by atoms with Crippen LogP contribution in [0.1, 0.15) is 48.1 Å². The van der Waals surface area contributed by atoms with E-state index in [9.17, 15) is 14.7 Å². The van der Waals surface area contributed by atoms with Gasteiger partial charge in [-0.1, -0.05) is 51.1 Å². The summed E-state index contributed by atoms with van der Waals surface area (Å²) >= 11 is 0. The van der Waals surface area contributed by atoms with Crippen LogP contribution in [-0.4, -0.2) is 64.9 Å². The van der Waals surface area contributed by atoms with Gasteiger partial charge in [0.15, 0.2) is 5.78 Å². The molecule has 0 spiro atoms. The van der Waals surface area contributed by atoms with Crippen molar-refractivity contribution >= 4 is 23.9 Å². The molecule has 0 atom stereocenters. The molecular weight excluding hydrogens is 414 g/mol. The number of carboxylic acid groups (broad SMARTS) is 1. The molecule has 0 radical (unpaired) electrons. The topological polar surface area (TPSA) is 73.7 Å². The summed E-state index contributed by atoms with van der Waals surface area (Å²) in [6, 6.07) is 13.1. The number of pyridine rings is 1. The normalized spacial score (nSPS) is 16.3. The second kappa shape index (κ2) is 10.7. The van der Waals surface area contributed by atoms with Crippen molar-refractivity contribution in [3.05, 3.63) is 76.6 Å². The number of benzene rings is 1. The number of aliphatic carboxylic acids is 1. The van der Waals surface area contributed by atoms with E-state index >= 15 is 0 Å². The molecule has 1 N–H and O–H groups in total.